The summed E-state index contributed by atoms with van der Waals surface area (Å²) in [7, 11) is 4.32. The molecule has 0 aromatic heterocycles. The number of hydrogen-bond donors (Lipinski definition) is 1. The van der Waals surface area contributed by atoms with Crippen LogP contribution in [0.3, 0.4) is 0 Å². The number of nitrogens with zero attached hydrogens (tertiary/aromatic N) is 1. The van der Waals surface area contributed by atoms with E-state index in [2.05, 4.69) is 38.2 Å². The molecule has 0 aromatic carbocycles. The van der Waals surface area contributed by atoms with E-state index < -0.39 is 0 Å². The van der Waals surface area contributed by atoms with Gasteiger partial charge in [0, 0.05) is 31.8 Å². The standard InChI is InChI=1S/C13H28N2O/c1-5-13(15(3)4)10-14-11(2)12-6-8-16-9-7-12/h11-14H,5-10H2,1-4H3. The van der Waals surface area contributed by atoms with E-state index in [1.165, 1.54) is 19.3 Å². The Kier molecular flexibility index (Phi) is 6.32. The van der Waals surface area contributed by atoms with Crippen LogP contribution in [0.2, 0.25) is 0 Å². The molecule has 0 spiro atoms. The first-order valence-corrected chi connectivity index (χ1v) is 6.62. The molecule has 0 aliphatic carbocycles. The number of ether oxygens (including phenoxy) is 1. The van der Waals surface area contributed by atoms with Crippen LogP contribution < -0.4 is 5.32 Å². The Bertz CT molecular complexity index is 179. The van der Waals surface area contributed by atoms with E-state index in [0.717, 1.165) is 25.7 Å². The van der Waals surface area contributed by atoms with E-state index >= 15 is 0 Å². The molecular weight excluding hydrogens is 200 g/mol. The van der Waals surface area contributed by atoms with Crippen LogP contribution >= 0.6 is 0 Å². The summed E-state index contributed by atoms with van der Waals surface area (Å²) >= 11 is 0. The maximum Gasteiger partial charge on any atom is 0.0469 e. The second-order valence-corrected chi connectivity index (χ2v) is 5.17. The minimum atomic E-state index is 0.623. The zero-order chi connectivity index (χ0) is 12.0. The first-order chi connectivity index (χ1) is 7.65. The number of hydrogen-bond acceptors (Lipinski definition) is 3. The SMILES string of the molecule is CCC(CNC(C)C1CCOCC1)N(C)C. The van der Waals surface area contributed by atoms with Crippen molar-refractivity contribution in [1.82, 2.24) is 10.2 Å². The quantitative estimate of drug-likeness (QED) is 0.749. The summed E-state index contributed by atoms with van der Waals surface area (Å²) in [6, 6.07) is 1.28. The maximum atomic E-state index is 5.40. The third kappa shape index (κ3) is 4.40. The third-order valence-corrected chi connectivity index (χ3v) is 3.85. The number of nitrogens with one attached hydrogen (secondary N) is 1. The Morgan fingerprint density at radius 3 is 2.44 bits per heavy atom. The molecule has 2 atom stereocenters. The topological polar surface area (TPSA) is 24.5 Å². The molecule has 3 heteroatoms. The van der Waals surface area contributed by atoms with E-state index in [-0.39, 0.29) is 0 Å². The summed E-state index contributed by atoms with van der Waals surface area (Å²) in [5, 5.41) is 3.69. The zero-order valence-electron chi connectivity index (χ0n) is 11.3. The highest BCUT2D eigenvalue weighted by molar-refractivity contribution is 4.77. The fourth-order valence-corrected chi connectivity index (χ4v) is 2.40. The van der Waals surface area contributed by atoms with Gasteiger partial charge < -0.3 is 15.0 Å². The average Bonchev–Trinajstić information content (AvgIpc) is 2.30. The molecular formula is C13H28N2O. The second kappa shape index (κ2) is 7.25. The van der Waals surface area contributed by atoms with Crippen molar-refractivity contribution in [3.63, 3.8) is 0 Å². The minimum absolute atomic E-state index is 0.623. The van der Waals surface area contributed by atoms with Crippen LogP contribution in [0.4, 0.5) is 0 Å². The number of likely N-dealkylation sites (N-methyl/N-ethyl adjacent to an activating group) is 1. The van der Waals surface area contributed by atoms with Crippen molar-refractivity contribution in [2.75, 3.05) is 33.9 Å². The highest BCUT2D eigenvalue weighted by Gasteiger charge is 2.20. The lowest BCUT2D eigenvalue weighted by Crippen LogP contribution is -2.44. The van der Waals surface area contributed by atoms with Crippen molar-refractivity contribution < 1.29 is 4.74 Å². The molecule has 0 saturated carbocycles. The van der Waals surface area contributed by atoms with Crippen molar-refractivity contribution in [3.8, 4) is 0 Å². The van der Waals surface area contributed by atoms with Gasteiger partial charge in [0.1, 0.15) is 0 Å². The van der Waals surface area contributed by atoms with E-state index in [1.54, 1.807) is 0 Å². The Hall–Kier alpha value is -0.120. The molecule has 0 amide bonds. The molecule has 1 N–H and O–H groups in total. The summed E-state index contributed by atoms with van der Waals surface area (Å²) in [4.78, 5) is 2.31. The van der Waals surface area contributed by atoms with Gasteiger partial charge in [-0.05, 0) is 46.2 Å². The van der Waals surface area contributed by atoms with Gasteiger partial charge in [-0.15, -0.1) is 0 Å². The smallest absolute Gasteiger partial charge is 0.0469 e. The van der Waals surface area contributed by atoms with Gasteiger partial charge in [-0.1, -0.05) is 6.92 Å². The lowest BCUT2D eigenvalue weighted by Gasteiger charge is -2.31. The van der Waals surface area contributed by atoms with E-state index in [9.17, 15) is 0 Å². The molecule has 1 rings (SSSR count). The third-order valence-electron chi connectivity index (χ3n) is 3.85. The van der Waals surface area contributed by atoms with Crippen LogP contribution in [0, 0.1) is 5.92 Å². The predicted octanol–water partition coefficient (Wildman–Crippen LogP) is 1.73. The molecule has 0 aromatic rings. The fraction of sp³-hybridized carbons (Fsp3) is 1.00. The lowest BCUT2D eigenvalue weighted by molar-refractivity contribution is 0.0551. The van der Waals surface area contributed by atoms with Crippen LogP contribution in [-0.2, 0) is 4.74 Å². The predicted molar refractivity (Wildman–Crippen MR) is 68.8 cm³/mol. The molecule has 0 radical (unpaired) electrons. The molecule has 1 saturated heterocycles. The highest BCUT2D eigenvalue weighted by atomic mass is 16.5. The number of rotatable bonds is 6. The van der Waals surface area contributed by atoms with Crippen LogP contribution in [0.1, 0.15) is 33.1 Å². The molecule has 3 nitrogen and oxygen atoms in total. The molecule has 2 unspecified atom stereocenters. The van der Waals surface area contributed by atoms with Crippen LogP contribution in [0.5, 0.6) is 0 Å². The molecule has 1 fully saturated rings. The van der Waals surface area contributed by atoms with E-state index in [4.69, 9.17) is 4.74 Å². The van der Waals surface area contributed by atoms with Gasteiger partial charge in [-0.25, -0.2) is 0 Å². The van der Waals surface area contributed by atoms with Crippen LogP contribution in [-0.4, -0.2) is 50.8 Å². The summed E-state index contributed by atoms with van der Waals surface area (Å²) in [6.45, 7) is 7.56. The molecule has 16 heavy (non-hydrogen) atoms. The molecule has 1 heterocycles. The van der Waals surface area contributed by atoms with Gasteiger partial charge in [-0.2, -0.15) is 0 Å². The van der Waals surface area contributed by atoms with Gasteiger partial charge >= 0.3 is 0 Å². The monoisotopic (exact) mass is 228 g/mol. The van der Waals surface area contributed by atoms with Gasteiger partial charge in [0.15, 0.2) is 0 Å². The van der Waals surface area contributed by atoms with Crippen LogP contribution in [0.25, 0.3) is 0 Å². The molecule has 96 valence electrons. The molecule has 0 bridgehead atoms. The first kappa shape index (κ1) is 13.9. The average molecular weight is 228 g/mol. The van der Waals surface area contributed by atoms with Gasteiger partial charge in [0.2, 0.25) is 0 Å². The first-order valence-electron chi connectivity index (χ1n) is 6.62. The lowest BCUT2D eigenvalue weighted by atomic mass is 9.93. The Morgan fingerprint density at radius 2 is 1.94 bits per heavy atom. The second-order valence-electron chi connectivity index (χ2n) is 5.17. The van der Waals surface area contributed by atoms with Crippen molar-refractivity contribution in [3.05, 3.63) is 0 Å². The Balaban J connectivity index is 2.24. The summed E-state index contributed by atoms with van der Waals surface area (Å²) in [6.07, 6.45) is 3.64. The summed E-state index contributed by atoms with van der Waals surface area (Å²) in [5.74, 6) is 0.799. The van der Waals surface area contributed by atoms with Crippen molar-refractivity contribution >= 4 is 0 Å². The van der Waals surface area contributed by atoms with Gasteiger partial charge in [-0.3, -0.25) is 0 Å². The Labute approximate surface area is 101 Å². The molecule has 1 aliphatic rings. The summed E-state index contributed by atoms with van der Waals surface area (Å²) < 4.78 is 5.40. The highest BCUT2D eigenvalue weighted by Crippen LogP contribution is 2.18. The van der Waals surface area contributed by atoms with E-state index in [0.29, 0.717) is 12.1 Å². The fourth-order valence-electron chi connectivity index (χ4n) is 2.40. The van der Waals surface area contributed by atoms with Crippen molar-refractivity contribution in [2.45, 2.75) is 45.2 Å². The minimum Gasteiger partial charge on any atom is -0.381 e. The van der Waals surface area contributed by atoms with Gasteiger partial charge in [0.05, 0.1) is 0 Å². The van der Waals surface area contributed by atoms with Crippen molar-refractivity contribution in [2.24, 2.45) is 5.92 Å². The van der Waals surface area contributed by atoms with E-state index in [1.807, 2.05) is 0 Å². The van der Waals surface area contributed by atoms with Crippen molar-refractivity contribution in [1.29, 1.82) is 0 Å². The summed E-state index contributed by atoms with van der Waals surface area (Å²) in [5.41, 5.74) is 0. The molecule has 1 aliphatic heterocycles. The Morgan fingerprint density at radius 1 is 1.31 bits per heavy atom. The normalized spacial score (nSPS) is 22.3. The maximum absolute atomic E-state index is 5.40. The zero-order valence-corrected chi connectivity index (χ0v) is 11.3. The van der Waals surface area contributed by atoms with Crippen LogP contribution in [0.15, 0.2) is 0 Å². The largest absolute Gasteiger partial charge is 0.381 e. The van der Waals surface area contributed by atoms with Gasteiger partial charge in [0.25, 0.3) is 0 Å².